The first kappa shape index (κ1) is 98.7. The number of aliphatic hydroxyl groups excluding tert-OH is 1. The van der Waals surface area contributed by atoms with Crippen molar-refractivity contribution in [3.63, 3.8) is 0 Å². The van der Waals surface area contributed by atoms with Crippen LogP contribution in [0.5, 0.6) is 0 Å². The van der Waals surface area contributed by atoms with E-state index in [4.69, 9.17) is 37.0 Å². The van der Waals surface area contributed by atoms with Gasteiger partial charge in [-0.1, -0.05) is 301 Å². The molecule has 0 heterocycles. The topological polar surface area (TPSA) is 237 Å². The number of ether oxygens (including phenoxy) is 4. The van der Waals surface area contributed by atoms with Gasteiger partial charge in [-0.15, -0.1) is 0 Å². The first-order valence-electron chi connectivity index (χ1n) is 39.7. The third-order valence-corrected chi connectivity index (χ3v) is 17.9. The zero-order chi connectivity index (χ0) is 76.0. The van der Waals surface area contributed by atoms with Crippen molar-refractivity contribution in [2.24, 2.45) is 0 Å². The van der Waals surface area contributed by atoms with Gasteiger partial charge in [-0.25, -0.2) is 9.13 Å². The molecule has 0 rings (SSSR count). The molecule has 0 aliphatic heterocycles. The number of hydrogen-bond acceptors (Lipinski definition) is 15. The number of rotatable bonds is 73. The standard InChI is InChI=1S/C85H140O17P2/c1-5-9-13-17-21-25-29-33-37-39-43-46-50-54-58-62-66-70-83(88)96-76-81(102-85(90)72-68-64-60-56-52-48-44-40-38-34-30-26-22-18-14-10-6-2)78-100-104(93,94)98-74-79(86)73-97-103(91,92)99-77-80(101-84(89)71-67-63-59-55-51-47-42-36-32-28-24-20-16-12-8-4)75-95-82(87)69-65-61-57-53-49-45-41-35-31-27-23-19-15-11-7-3/h9-11,13-15,21-23,25-27,33-35,37-38,41,43-44,46,48-49,53,61,65,79-81,86H,5-8,12,16-20,24,28-32,36,39-40,42,45,47,50-52,54-60,62-64,66-78H2,1-4H3,(H,91,92)(H,93,94)/b13-9-,14-10-,15-11-,25-21-,26-22-,27-23-,37-33-,38-34-,41-35-,46-43-,48-44-,53-49-,65-61-. The van der Waals surface area contributed by atoms with Crippen LogP contribution in [-0.2, 0) is 65.4 Å². The van der Waals surface area contributed by atoms with Gasteiger partial charge in [0, 0.05) is 19.3 Å². The van der Waals surface area contributed by atoms with E-state index in [1.165, 1.54) is 64.2 Å². The van der Waals surface area contributed by atoms with Gasteiger partial charge in [-0.3, -0.25) is 37.3 Å². The Labute approximate surface area is 629 Å². The quantitative estimate of drug-likeness (QED) is 0.0169. The van der Waals surface area contributed by atoms with Gasteiger partial charge < -0.3 is 33.8 Å². The van der Waals surface area contributed by atoms with Crippen LogP contribution in [0.1, 0.15) is 297 Å². The van der Waals surface area contributed by atoms with E-state index < -0.39 is 97.5 Å². The van der Waals surface area contributed by atoms with Crippen molar-refractivity contribution in [2.75, 3.05) is 39.6 Å². The summed E-state index contributed by atoms with van der Waals surface area (Å²) in [5.74, 6) is -2.38. The summed E-state index contributed by atoms with van der Waals surface area (Å²) in [6.45, 7) is 4.37. The summed E-state index contributed by atoms with van der Waals surface area (Å²) in [4.78, 5) is 73.0. The molecule has 3 N–H and O–H groups in total. The van der Waals surface area contributed by atoms with Crippen LogP contribution in [0.3, 0.4) is 0 Å². The Hall–Kier alpha value is -5.32. The zero-order valence-electron chi connectivity index (χ0n) is 64.6. The van der Waals surface area contributed by atoms with E-state index in [0.29, 0.717) is 25.7 Å². The summed E-state index contributed by atoms with van der Waals surface area (Å²) in [7, 11) is -10.0. The van der Waals surface area contributed by atoms with Crippen LogP contribution >= 0.6 is 15.6 Å². The molecule has 592 valence electrons. The van der Waals surface area contributed by atoms with Gasteiger partial charge >= 0.3 is 39.5 Å². The van der Waals surface area contributed by atoms with Crippen molar-refractivity contribution in [3.8, 4) is 0 Å². The predicted octanol–water partition coefficient (Wildman–Crippen LogP) is 23.2. The largest absolute Gasteiger partial charge is 0.472 e. The highest BCUT2D eigenvalue weighted by Crippen LogP contribution is 2.45. The molecule has 0 saturated carbocycles. The lowest BCUT2D eigenvalue weighted by Gasteiger charge is -2.21. The normalized spacial score (nSPS) is 14.7. The Morgan fingerprint density at radius 1 is 0.288 bits per heavy atom. The van der Waals surface area contributed by atoms with Crippen LogP contribution in [0.15, 0.2) is 158 Å². The summed E-state index contributed by atoms with van der Waals surface area (Å²) >= 11 is 0. The highest BCUT2D eigenvalue weighted by atomic mass is 31.2. The molecule has 0 aliphatic rings. The van der Waals surface area contributed by atoms with Gasteiger partial charge in [0.25, 0.3) is 0 Å². The number of allylic oxidation sites excluding steroid dienone is 25. The van der Waals surface area contributed by atoms with Crippen LogP contribution in [0.4, 0.5) is 0 Å². The molecule has 0 aromatic carbocycles. The van der Waals surface area contributed by atoms with E-state index in [1.54, 1.807) is 6.08 Å². The fourth-order valence-corrected chi connectivity index (χ4v) is 11.7. The van der Waals surface area contributed by atoms with Gasteiger partial charge in [0.05, 0.1) is 32.8 Å². The number of carbonyl (C=O) groups excluding carboxylic acids is 4. The van der Waals surface area contributed by atoms with Crippen LogP contribution in [0, 0.1) is 0 Å². The van der Waals surface area contributed by atoms with E-state index in [1.807, 2.05) is 18.2 Å². The summed E-state index contributed by atoms with van der Waals surface area (Å²) in [6, 6.07) is 0. The molecule has 19 heteroatoms. The number of carbonyl (C=O) groups is 4. The van der Waals surface area contributed by atoms with E-state index in [0.717, 1.165) is 154 Å². The Bertz CT molecular complexity index is 2590. The molecule has 0 aliphatic carbocycles. The molecule has 5 unspecified atom stereocenters. The first-order chi connectivity index (χ1) is 50.7. The maximum Gasteiger partial charge on any atom is 0.472 e. The molecule has 104 heavy (non-hydrogen) atoms. The second kappa shape index (κ2) is 75.9. The molecule has 0 radical (unpaired) electrons. The maximum atomic E-state index is 13.1. The van der Waals surface area contributed by atoms with Crippen molar-refractivity contribution < 1.29 is 80.2 Å². The molecule has 0 aromatic heterocycles. The van der Waals surface area contributed by atoms with Crippen molar-refractivity contribution in [2.45, 2.75) is 316 Å². The molecular weight excluding hydrogens is 1350 g/mol. The molecule has 0 aromatic rings. The van der Waals surface area contributed by atoms with Gasteiger partial charge in [0.15, 0.2) is 12.2 Å². The van der Waals surface area contributed by atoms with Crippen LogP contribution in [0.25, 0.3) is 0 Å². The predicted molar refractivity (Wildman–Crippen MR) is 427 cm³/mol. The average Bonchev–Trinajstić information content (AvgIpc) is 0.926. The van der Waals surface area contributed by atoms with Crippen LogP contribution in [0.2, 0.25) is 0 Å². The summed E-state index contributed by atoms with van der Waals surface area (Å²) in [5, 5.41) is 10.6. The van der Waals surface area contributed by atoms with Crippen molar-refractivity contribution in [1.82, 2.24) is 0 Å². The minimum Gasteiger partial charge on any atom is -0.462 e. The number of phosphoric ester groups is 2. The lowest BCUT2D eigenvalue weighted by molar-refractivity contribution is -0.161. The fraction of sp³-hybridized carbons (Fsp3) is 0.647. The number of hydrogen-bond donors (Lipinski definition) is 3. The Balaban J connectivity index is 5.48. The Morgan fingerprint density at radius 2 is 0.538 bits per heavy atom. The molecule has 0 spiro atoms. The minimum atomic E-state index is -5.00. The maximum absolute atomic E-state index is 13.1. The summed E-state index contributed by atoms with van der Waals surface area (Å²) in [6.07, 6.45) is 88.2. The third kappa shape index (κ3) is 74.9. The first-order valence-corrected chi connectivity index (χ1v) is 42.7. The van der Waals surface area contributed by atoms with Crippen molar-refractivity contribution in [1.29, 1.82) is 0 Å². The summed E-state index contributed by atoms with van der Waals surface area (Å²) < 4.78 is 68.5. The number of phosphoric acid groups is 2. The smallest absolute Gasteiger partial charge is 0.462 e. The van der Waals surface area contributed by atoms with E-state index in [-0.39, 0.29) is 25.7 Å². The molecule has 0 fully saturated rings. The fourth-order valence-electron chi connectivity index (χ4n) is 10.1. The molecule has 5 atom stereocenters. The molecule has 0 saturated heterocycles. The number of unbranched alkanes of at least 4 members (excludes halogenated alkanes) is 22. The lowest BCUT2D eigenvalue weighted by Crippen LogP contribution is -2.30. The molecule has 17 nitrogen and oxygen atoms in total. The highest BCUT2D eigenvalue weighted by molar-refractivity contribution is 7.47. The molecule has 0 bridgehead atoms. The van der Waals surface area contributed by atoms with Crippen molar-refractivity contribution in [3.05, 3.63) is 158 Å². The number of esters is 4. The Morgan fingerprint density at radius 3 is 0.856 bits per heavy atom. The van der Waals surface area contributed by atoms with Crippen LogP contribution in [-0.4, -0.2) is 96.7 Å². The third-order valence-electron chi connectivity index (χ3n) is 16.0. The molecular formula is C85H140O17P2. The monoisotopic (exact) mass is 1490 g/mol. The van der Waals surface area contributed by atoms with Crippen LogP contribution < -0.4 is 0 Å². The van der Waals surface area contributed by atoms with Crippen molar-refractivity contribution >= 4 is 39.5 Å². The Kier molecular flexibility index (Phi) is 72.0. The zero-order valence-corrected chi connectivity index (χ0v) is 66.4. The highest BCUT2D eigenvalue weighted by Gasteiger charge is 2.30. The number of aliphatic hydroxyl groups is 1. The van der Waals surface area contributed by atoms with Gasteiger partial charge in [0.1, 0.15) is 19.3 Å². The van der Waals surface area contributed by atoms with E-state index >= 15 is 0 Å². The summed E-state index contributed by atoms with van der Waals surface area (Å²) in [5.41, 5.74) is 0. The lowest BCUT2D eigenvalue weighted by atomic mass is 10.0. The second-order valence-corrected chi connectivity index (χ2v) is 28.8. The average molecular weight is 1500 g/mol. The minimum absolute atomic E-state index is 0.0541. The molecule has 0 amide bonds. The van der Waals surface area contributed by atoms with E-state index in [2.05, 4.69) is 161 Å². The SMILES string of the molecule is CC/C=C\C/C=C\C/C=C\C/C=C\C/C=C\CC(=O)OCC(COP(=O)(O)OCC(O)COP(=O)(O)OCC(COC(=O)CCCCCC/C=C\C/C=C\C/C=C\C/C=C\CC)OC(=O)CCCCCC/C=C\C/C=C\C/C=C\C/C=C\CC)OC(=O)CCCCCCCCCCCCCCCCC. The van der Waals surface area contributed by atoms with Gasteiger partial charge in [-0.2, -0.15) is 0 Å². The second-order valence-electron chi connectivity index (χ2n) is 25.9. The van der Waals surface area contributed by atoms with E-state index in [9.17, 15) is 43.2 Å². The van der Waals surface area contributed by atoms with Gasteiger partial charge in [0.2, 0.25) is 0 Å². The van der Waals surface area contributed by atoms with Gasteiger partial charge in [-0.05, 0) is 128 Å².